The smallest absolute Gasteiger partial charge is 0.0559 e. The molecule has 0 aromatic heterocycles. The van der Waals surface area contributed by atoms with E-state index in [4.69, 9.17) is 0 Å². The zero-order valence-corrected chi connectivity index (χ0v) is 23.3. The Morgan fingerprint density at radius 2 is 1.27 bits per heavy atom. The van der Waals surface area contributed by atoms with E-state index in [-0.39, 0.29) is 0 Å². The molecule has 0 heterocycles. The summed E-state index contributed by atoms with van der Waals surface area (Å²) in [5, 5.41) is 0. The van der Waals surface area contributed by atoms with E-state index in [2.05, 4.69) is 158 Å². The first-order valence-electron chi connectivity index (χ1n) is 13.8. The van der Waals surface area contributed by atoms with Gasteiger partial charge in [-0.2, -0.15) is 0 Å². The number of nitrogens with zero attached hydrogens (tertiary/aromatic N) is 2. The largest absolute Gasteiger partial charge is 0.334 e. The number of rotatable bonds is 9. The molecule has 0 saturated heterocycles. The molecule has 2 heteroatoms. The van der Waals surface area contributed by atoms with Crippen LogP contribution in [-0.2, 0) is 0 Å². The molecule has 1 atom stereocenters. The van der Waals surface area contributed by atoms with Gasteiger partial charge >= 0.3 is 0 Å². The van der Waals surface area contributed by atoms with Crippen LogP contribution < -0.4 is 9.80 Å². The Labute approximate surface area is 239 Å². The molecule has 1 unspecified atom stereocenters. The second-order valence-electron chi connectivity index (χ2n) is 10.1. The Hall–Kier alpha value is -4.82. The fraction of sp³-hybridized carbons (Fsp3) is 0.105. The van der Waals surface area contributed by atoms with Gasteiger partial charge in [-0.05, 0) is 97.1 Å². The van der Waals surface area contributed by atoms with Crippen LogP contribution in [0.4, 0.5) is 22.7 Å². The molecule has 0 saturated carbocycles. The molecule has 0 bridgehead atoms. The summed E-state index contributed by atoms with van der Waals surface area (Å²) in [6, 6.07) is 35.3. The van der Waals surface area contributed by atoms with Gasteiger partial charge in [0.05, 0.1) is 6.04 Å². The molecular formula is C38H36N2. The maximum absolute atomic E-state index is 3.76. The van der Waals surface area contributed by atoms with Crippen molar-refractivity contribution in [2.45, 2.75) is 26.3 Å². The van der Waals surface area contributed by atoms with E-state index in [1.54, 1.807) is 6.08 Å². The van der Waals surface area contributed by atoms with Gasteiger partial charge in [-0.3, -0.25) is 0 Å². The molecular weight excluding hydrogens is 484 g/mol. The predicted octanol–water partition coefficient (Wildman–Crippen LogP) is 10.4. The highest BCUT2D eigenvalue weighted by molar-refractivity contribution is 5.74. The second-order valence-corrected chi connectivity index (χ2v) is 10.1. The van der Waals surface area contributed by atoms with Crippen molar-refractivity contribution in [3.05, 3.63) is 170 Å². The number of hydrogen-bond acceptors (Lipinski definition) is 2. The van der Waals surface area contributed by atoms with Gasteiger partial charge in [-0.1, -0.05) is 97.6 Å². The van der Waals surface area contributed by atoms with Crippen molar-refractivity contribution < 1.29 is 0 Å². The van der Waals surface area contributed by atoms with Crippen LogP contribution in [0, 0.1) is 13.8 Å². The Morgan fingerprint density at radius 1 is 0.650 bits per heavy atom. The van der Waals surface area contributed by atoms with Gasteiger partial charge in [0.15, 0.2) is 0 Å². The monoisotopic (exact) mass is 520 g/mol. The molecule has 40 heavy (non-hydrogen) atoms. The molecule has 4 aromatic rings. The number of allylic oxidation sites excluding steroid dienone is 6. The molecule has 0 N–H and O–H groups in total. The first-order valence-corrected chi connectivity index (χ1v) is 13.8. The Kier molecular flexibility index (Phi) is 8.58. The number of anilines is 4. The van der Waals surface area contributed by atoms with Crippen molar-refractivity contribution in [1.82, 2.24) is 0 Å². The average Bonchev–Trinajstić information content (AvgIpc) is 2.99. The third-order valence-electron chi connectivity index (χ3n) is 7.07. The van der Waals surface area contributed by atoms with E-state index in [1.165, 1.54) is 33.6 Å². The Morgan fingerprint density at radius 3 is 1.88 bits per heavy atom. The molecule has 0 spiro atoms. The minimum atomic E-state index is 0.291. The van der Waals surface area contributed by atoms with Gasteiger partial charge in [-0.15, -0.1) is 0 Å². The van der Waals surface area contributed by atoms with Crippen LogP contribution >= 0.6 is 0 Å². The van der Waals surface area contributed by atoms with Crippen molar-refractivity contribution >= 4 is 22.7 Å². The van der Waals surface area contributed by atoms with Crippen LogP contribution in [0.5, 0.6) is 0 Å². The van der Waals surface area contributed by atoms with Crippen LogP contribution in [0.25, 0.3) is 11.1 Å². The summed E-state index contributed by atoms with van der Waals surface area (Å²) in [7, 11) is 0. The van der Waals surface area contributed by atoms with Gasteiger partial charge in [0.2, 0.25) is 0 Å². The second kappa shape index (κ2) is 12.8. The third kappa shape index (κ3) is 6.42. The highest BCUT2D eigenvalue weighted by Crippen LogP contribution is 2.34. The van der Waals surface area contributed by atoms with Crippen LogP contribution in [0.2, 0.25) is 0 Å². The van der Waals surface area contributed by atoms with Crippen molar-refractivity contribution in [3.8, 4) is 11.1 Å². The predicted molar refractivity (Wildman–Crippen MR) is 174 cm³/mol. The minimum absolute atomic E-state index is 0.291. The lowest BCUT2D eigenvalue weighted by atomic mass is 10.0. The molecule has 1 aliphatic rings. The van der Waals surface area contributed by atoms with E-state index in [9.17, 15) is 0 Å². The van der Waals surface area contributed by atoms with E-state index < -0.39 is 0 Å². The summed E-state index contributed by atoms with van der Waals surface area (Å²) < 4.78 is 0. The fourth-order valence-electron chi connectivity index (χ4n) is 5.08. The number of aryl methyl sites for hydroxylation is 2. The summed E-state index contributed by atoms with van der Waals surface area (Å²) in [5.74, 6) is 0. The van der Waals surface area contributed by atoms with Crippen molar-refractivity contribution in [2.75, 3.05) is 9.80 Å². The quantitative estimate of drug-likeness (QED) is 0.203. The van der Waals surface area contributed by atoms with E-state index in [0.717, 1.165) is 17.8 Å². The zero-order chi connectivity index (χ0) is 27.7. The summed E-state index contributed by atoms with van der Waals surface area (Å²) in [4.78, 5) is 4.64. The van der Waals surface area contributed by atoms with Crippen LogP contribution in [0.1, 0.15) is 17.5 Å². The van der Waals surface area contributed by atoms with Crippen molar-refractivity contribution in [2.24, 2.45) is 0 Å². The molecule has 4 aromatic carbocycles. The molecule has 2 nitrogen and oxygen atoms in total. The Balaban J connectivity index is 1.42. The summed E-state index contributed by atoms with van der Waals surface area (Å²) in [6.45, 7) is 8.03. The SMILES string of the molecule is C=C/C=C\C=C/N(c1ccc(-c2ccc(N(c3cccc(C)c3)C3C=CC=CC3)cc2)cc1)c1cccc(C)c1. The molecule has 0 aliphatic heterocycles. The summed E-state index contributed by atoms with van der Waals surface area (Å²) in [5.41, 5.74) is 9.53. The molecule has 0 amide bonds. The normalized spacial score (nSPS) is 14.6. The molecule has 5 rings (SSSR count). The maximum atomic E-state index is 3.76. The first kappa shape index (κ1) is 26.8. The third-order valence-corrected chi connectivity index (χ3v) is 7.07. The van der Waals surface area contributed by atoms with Crippen LogP contribution in [0.3, 0.4) is 0 Å². The van der Waals surface area contributed by atoms with Crippen molar-refractivity contribution in [3.63, 3.8) is 0 Å². The molecule has 198 valence electrons. The van der Waals surface area contributed by atoms with Gasteiger partial charge in [0.25, 0.3) is 0 Å². The minimum Gasteiger partial charge on any atom is -0.334 e. The fourth-order valence-corrected chi connectivity index (χ4v) is 5.08. The van der Waals surface area contributed by atoms with E-state index in [0.29, 0.717) is 6.04 Å². The highest BCUT2D eigenvalue weighted by atomic mass is 15.2. The van der Waals surface area contributed by atoms with E-state index >= 15 is 0 Å². The van der Waals surface area contributed by atoms with Crippen molar-refractivity contribution in [1.29, 1.82) is 0 Å². The average molecular weight is 521 g/mol. The van der Waals surface area contributed by atoms with Gasteiger partial charge in [0.1, 0.15) is 0 Å². The van der Waals surface area contributed by atoms with Gasteiger partial charge in [0, 0.05) is 28.9 Å². The van der Waals surface area contributed by atoms with E-state index in [1.807, 2.05) is 18.2 Å². The number of benzene rings is 4. The lowest BCUT2D eigenvalue weighted by molar-refractivity contribution is 0.785. The number of hydrogen-bond donors (Lipinski definition) is 0. The topological polar surface area (TPSA) is 6.48 Å². The molecule has 0 fully saturated rings. The van der Waals surface area contributed by atoms with Gasteiger partial charge < -0.3 is 9.80 Å². The zero-order valence-electron chi connectivity index (χ0n) is 23.3. The van der Waals surface area contributed by atoms with Crippen LogP contribution in [-0.4, -0.2) is 6.04 Å². The lowest BCUT2D eigenvalue weighted by Crippen LogP contribution is -2.29. The summed E-state index contributed by atoms with van der Waals surface area (Å²) >= 11 is 0. The maximum Gasteiger partial charge on any atom is 0.0559 e. The standard InChI is InChI=1S/C38H36N2/c1-4-5-6-10-27-39(37-17-11-13-30(2)28-37)34-23-19-32(20-24-34)33-21-25-36(26-22-33)40(35-15-8-7-9-16-35)38-18-12-14-31(3)29-38/h4-15,17-29,35H,1,16H2,2-3H3/b6-5-,27-10-. The summed E-state index contributed by atoms with van der Waals surface area (Å²) in [6.07, 6.45) is 19.6. The highest BCUT2D eigenvalue weighted by Gasteiger charge is 2.19. The lowest BCUT2D eigenvalue weighted by Gasteiger charge is -2.33. The van der Waals surface area contributed by atoms with Gasteiger partial charge in [-0.25, -0.2) is 0 Å². The van der Waals surface area contributed by atoms with Crippen LogP contribution in [0.15, 0.2) is 158 Å². The molecule has 1 aliphatic carbocycles. The first-order chi connectivity index (χ1) is 19.6. The Bertz CT molecular complexity index is 1550. The molecule has 0 radical (unpaired) electrons.